The number of aliphatic hydroxyl groups is 1. The quantitative estimate of drug-likeness (QED) is 0.0949. The van der Waals surface area contributed by atoms with E-state index in [9.17, 15) is 14.7 Å². The number of hydrogen-bond donors (Lipinski definition) is 2. The van der Waals surface area contributed by atoms with Crippen LogP contribution in [0.2, 0.25) is 6.04 Å². The van der Waals surface area contributed by atoms with Crippen LogP contribution in [0.1, 0.15) is 81.7 Å². The molecule has 0 aliphatic carbocycles. The number of amides is 2. The number of ether oxygens (including phenoxy) is 2. The summed E-state index contributed by atoms with van der Waals surface area (Å²) < 4.78 is 29.6. The van der Waals surface area contributed by atoms with Crippen LogP contribution in [0, 0.1) is 12.8 Å². The number of carbonyl (C=O) groups is 2. The molecule has 0 bridgehead atoms. The second kappa shape index (κ2) is 19.9. The molecule has 284 valence electrons. The molecule has 1 saturated heterocycles. The lowest BCUT2D eigenvalue weighted by atomic mass is 9.78. The van der Waals surface area contributed by atoms with Crippen LogP contribution in [0.3, 0.4) is 0 Å². The number of benzene rings is 3. The number of likely N-dealkylation sites (tertiary alicyclic amines) is 1. The van der Waals surface area contributed by atoms with Crippen molar-refractivity contribution in [1.82, 2.24) is 10.2 Å². The largest absolute Gasteiger partial charge is 0.500 e. The molecule has 2 unspecified atom stereocenters. The maximum absolute atomic E-state index is 13.9. The van der Waals surface area contributed by atoms with Crippen LogP contribution in [0.4, 0.5) is 9.59 Å². The monoisotopic (exact) mass is 734 g/mol. The number of hydrogen-bond acceptors (Lipinski definition) is 8. The molecule has 3 aromatic carbocycles. The second-order valence-electron chi connectivity index (χ2n) is 13.5. The Morgan fingerprint density at radius 3 is 2.06 bits per heavy atom. The molecule has 1 heterocycles. The van der Waals surface area contributed by atoms with Crippen LogP contribution in [0.15, 0.2) is 78.9 Å². The van der Waals surface area contributed by atoms with Gasteiger partial charge in [-0.25, -0.2) is 9.59 Å². The minimum atomic E-state index is -2.85. The van der Waals surface area contributed by atoms with E-state index in [1.54, 1.807) is 0 Å². The van der Waals surface area contributed by atoms with Gasteiger partial charge in [-0.2, -0.15) is 0 Å². The zero-order valence-electron chi connectivity index (χ0n) is 31.8. The van der Waals surface area contributed by atoms with E-state index in [4.69, 9.17) is 22.8 Å². The zero-order chi connectivity index (χ0) is 37.6. The number of alkyl carbamates (subject to hydrolysis) is 1. The summed E-state index contributed by atoms with van der Waals surface area (Å²) in [4.78, 5) is 28.6. The molecule has 4 atom stereocenters. The van der Waals surface area contributed by atoms with Gasteiger partial charge in [0.05, 0.1) is 12.6 Å². The van der Waals surface area contributed by atoms with Crippen molar-refractivity contribution in [2.75, 3.05) is 32.9 Å². The Hall–Kier alpha value is -3.74. The molecular formula is C41H58N2O8Si. The molecule has 2 amide bonds. The number of nitrogens with one attached hydrogen (secondary N) is 1. The third-order valence-corrected chi connectivity index (χ3v) is 12.8. The third kappa shape index (κ3) is 10.9. The lowest BCUT2D eigenvalue weighted by molar-refractivity contribution is -0.00706. The van der Waals surface area contributed by atoms with Gasteiger partial charge in [0.1, 0.15) is 18.3 Å². The van der Waals surface area contributed by atoms with Crippen LogP contribution in [0.5, 0.6) is 0 Å². The Labute approximate surface area is 311 Å². The third-order valence-electron chi connectivity index (χ3n) is 9.65. The Bertz CT molecular complexity index is 1510. The zero-order valence-corrected chi connectivity index (χ0v) is 32.8. The van der Waals surface area contributed by atoms with Crippen molar-refractivity contribution in [1.29, 1.82) is 0 Å². The summed E-state index contributed by atoms with van der Waals surface area (Å²) >= 11 is 0. The predicted molar refractivity (Wildman–Crippen MR) is 204 cm³/mol. The van der Waals surface area contributed by atoms with E-state index in [0.29, 0.717) is 55.9 Å². The van der Waals surface area contributed by atoms with Crippen molar-refractivity contribution in [3.63, 3.8) is 0 Å². The van der Waals surface area contributed by atoms with E-state index in [2.05, 4.69) is 31.3 Å². The van der Waals surface area contributed by atoms with Gasteiger partial charge in [0.2, 0.25) is 0 Å². The maximum atomic E-state index is 13.9. The second-order valence-corrected chi connectivity index (χ2v) is 16.3. The Kier molecular flexibility index (Phi) is 15.7. The highest BCUT2D eigenvalue weighted by Gasteiger charge is 2.51. The van der Waals surface area contributed by atoms with Gasteiger partial charge in [0, 0.05) is 38.8 Å². The van der Waals surface area contributed by atoms with Crippen molar-refractivity contribution < 1.29 is 37.4 Å². The van der Waals surface area contributed by atoms with E-state index >= 15 is 0 Å². The standard InChI is InChI=1S/C41H58N2O8Si/c1-7-31(5)27-33-19-23-36(24-20-33)41(46,35-21-17-32(6)18-22-35)38-28-37(29-43(38)40(45)47-30-34-15-12-11-13-16-34)51-39(44)42-25-14-26-52(48-8-2,49-9-3)50-10-4/h11-13,15-24,31,37-38,46H,7-10,14,25-30H2,1-6H3,(H,42,44)/t31?,37-,38+,41?/m1/s1. The minimum Gasteiger partial charge on any atom is -0.445 e. The highest BCUT2D eigenvalue weighted by molar-refractivity contribution is 6.60. The molecule has 11 heteroatoms. The average Bonchev–Trinajstić information content (AvgIpc) is 3.57. The van der Waals surface area contributed by atoms with E-state index in [0.717, 1.165) is 24.0 Å². The van der Waals surface area contributed by atoms with Crippen LogP contribution in [-0.2, 0) is 41.4 Å². The molecule has 0 spiro atoms. The fourth-order valence-electron chi connectivity index (χ4n) is 6.77. The van der Waals surface area contributed by atoms with E-state index in [1.165, 1.54) is 10.5 Å². The van der Waals surface area contributed by atoms with Crippen LogP contribution in [-0.4, -0.2) is 76.1 Å². The van der Waals surface area contributed by atoms with Gasteiger partial charge < -0.3 is 33.2 Å². The molecule has 1 fully saturated rings. The molecular weight excluding hydrogens is 677 g/mol. The van der Waals surface area contributed by atoms with Gasteiger partial charge >= 0.3 is 21.0 Å². The SMILES string of the molecule is CCO[Si](CCCNC(=O)O[C@@H]1C[C@@H](C(O)(c2ccc(C)cc2)c2ccc(CC(C)CC)cc2)N(C(=O)OCc2ccccc2)C1)(OCC)OCC. The van der Waals surface area contributed by atoms with Crippen LogP contribution < -0.4 is 5.32 Å². The van der Waals surface area contributed by atoms with Crippen LogP contribution in [0.25, 0.3) is 0 Å². The average molecular weight is 735 g/mol. The normalized spacial score (nSPS) is 17.7. The molecule has 1 aliphatic heterocycles. The molecule has 52 heavy (non-hydrogen) atoms. The number of rotatable bonds is 19. The minimum absolute atomic E-state index is 0.0566. The molecule has 10 nitrogen and oxygen atoms in total. The first-order valence-corrected chi connectivity index (χ1v) is 20.7. The smallest absolute Gasteiger partial charge is 0.445 e. The fourth-order valence-corrected chi connectivity index (χ4v) is 9.39. The van der Waals surface area contributed by atoms with Gasteiger partial charge in [0.25, 0.3) is 0 Å². The molecule has 3 aromatic rings. The lowest BCUT2D eigenvalue weighted by Gasteiger charge is -2.39. The van der Waals surface area contributed by atoms with Crippen molar-refractivity contribution in [2.45, 2.75) is 97.6 Å². The summed E-state index contributed by atoms with van der Waals surface area (Å²) in [5.74, 6) is 0.527. The Morgan fingerprint density at radius 2 is 1.48 bits per heavy atom. The van der Waals surface area contributed by atoms with Crippen molar-refractivity contribution in [2.24, 2.45) is 5.92 Å². The molecule has 1 aliphatic rings. The summed E-state index contributed by atoms with van der Waals surface area (Å²) in [6, 6.07) is 24.9. The number of nitrogens with zero attached hydrogens (tertiary/aromatic N) is 1. The van der Waals surface area contributed by atoms with Crippen molar-refractivity contribution in [3.8, 4) is 0 Å². The fraction of sp³-hybridized carbons (Fsp3) is 0.512. The predicted octanol–water partition coefficient (Wildman–Crippen LogP) is 7.76. The Balaban J connectivity index is 1.57. The van der Waals surface area contributed by atoms with Crippen LogP contribution >= 0.6 is 0 Å². The van der Waals surface area contributed by atoms with E-state index in [1.807, 2.05) is 94.4 Å². The summed E-state index contributed by atoms with van der Waals surface area (Å²) in [7, 11) is -2.85. The van der Waals surface area contributed by atoms with E-state index < -0.39 is 38.7 Å². The summed E-state index contributed by atoms with van der Waals surface area (Å²) in [5, 5.41) is 15.8. The highest BCUT2D eigenvalue weighted by Crippen LogP contribution is 2.42. The van der Waals surface area contributed by atoms with Crippen molar-refractivity contribution in [3.05, 3.63) is 107 Å². The molecule has 2 N–H and O–H groups in total. The molecule has 0 saturated carbocycles. The van der Waals surface area contributed by atoms with Gasteiger partial charge in [-0.15, -0.1) is 0 Å². The molecule has 0 radical (unpaired) electrons. The lowest BCUT2D eigenvalue weighted by Crippen LogP contribution is -2.50. The van der Waals surface area contributed by atoms with Crippen molar-refractivity contribution >= 4 is 21.0 Å². The van der Waals surface area contributed by atoms with Gasteiger partial charge in [-0.1, -0.05) is 105 Å². The molecule has 0 aromatic heterocycles. The first kappa shape index (κ1) is 41.0. The summed E-state index contributed by atoms with van der Waals surface area (Å²) in [5.41, 5.74) is 2.71. The maximum Gasteiger partial charge on any atom is 0.500 e. The van der Waals surface area contributed by atoms with Gasteiger partial charge in [0.15, 0.2) is 0 Å². The van der Waals surface area contributed by atoms with E-state index in [-0.39, 0.29) is 19.6 Å². The highest BCUT2D eigenvalue weighted by atomic mass is 28.4. The molecule has 4 rings (SSSR count). The first-order valence-electron chi connectivity index (χ1n) is 18.8. The number of carbonyl (C=O) groups excluding carboxylic acids is 2. The number of aryl methyl sites for hydroxylation is 1. The summed E-state index contributed by atoms with van der Waals surface area (Å²) in [6.07, 6.45) is 0.881. The van der Waals surface area contributed by atoms with Gasteiger partial charge in [-0.3, -0.25) is 4.90 Å². The Morgan fingerprint density at radius 1 is 0.885 bits per heavy atom. The summed E-state index contributed by atoms with van der Waals surface area (Å²) in [6.45, 7) is 14.0. The first-order chi connectivity index (χ1) is 25.1. The van der Waals surface area contributed by atoms with Gasteiger partial charge in [-0.05, 0) is 68.7 Å². The topological polar surface area (TPSA) is 116 Å².